The number of guanidine groups is 1. The molecule has 1 aromatic rings. The molecule has 1 N–H and O–H groups in total. The fourth-order valence-corrected chi connectivity index (χ4v) is 6.04. The van der Waals surface area contributed by atoms with Crippen LogP contribution in [0.2, 0.25) is 0 Å². The number of hydrogen-bond acceptors (Lipinski definition) is 4. The van der Waals surface area contributed by atoms with Gasteiger partial charge in [-0.15, -0.1) is 0 Å². The van der Waals surface area contributed by atoms with Crippen LogP contribution in [0.1, 0.15) is 45.1 Å². The van der Waals surface area contributed by atoms with E-state index in [1.165, 1.54) is 44.3 Å². The molecule has 0 spiro atoms. The minimum Gasteiger partial charge on any atom is -0.356 e. The van der Waals surface area contributed by atoms with Crippen molar-refractivity contribution < 1.29 is 8.42 Å². The highest BCUT2D eigenvalue weighted by atomic mass is 32.2. The summed E-state index contributed by atoms with van der Waals surface area (Å²) >= 11 is 0. The average molecular weight is 449 g/mol. The van der Waals surface area contributed by atoms with Crippen molar-refractivity contribution in [3.8, 4) is 0 Å². The van der Waals surface area contributed by atoms with Crippen molar-refractivity contribution in [2.24, 2.45) is 10.9 Å². The number of nitrogens with zero attached hydrogens (tertiary/aromatic N) is 3. The van der Waals surface area contributed by atoms with Crippen molar-refractivity contribution in [3.63, 3.8) is 0 Å². The van der Waals surface area contributed by atoms with Crippen LogP contribution >= 0.6 is 0 Å². The van der Waals surface area contributed by atoms with E-state index in [2.05, 4.69) is 50.4 Å². The first-order chi connectivity index (χ1) is 14.8. The molecule has 0 saturated carbocycles. The second-order valence-corrected chi connectivity index (χ2v) is 12.4. The largest absolute Gasteiger partial charge is 0.356 e. The van der Waals surface area contributed by atoms with Crippen LogP contribution in [0.25, 0.3) is 0 Å². The molecule has 1 aromatic carbocycles. The average Bonchev–Trinajstić information content (AvgIpc) is 2.75. The third-order valence-corrected chi connectivity index (χ3v) is 9.35. The summed E-state index contributed by atoms with van der Waals surface area (Å²) < 4.78 is 23.7. The topological polar surface area (TPSA) is 65.0 Å². The molecule has 3 rings (SSSR count). The molecule has 7 heteroatoms. The first-order valence-corrected chi connectivity index (χ1v) is 13.4. The van der Waals surface area contributed by atoms with Crippen molar-refractivity contribution in [2.75, 3.05) is 52.1 Å². The monoisotopic (exact) mass is 448 g/mol. The minimum atomic E-state index is -3.03. The lowest BCUT2D eigenvalue weighted by Crippen LogP contribution is -2.57. The molecule has 2 saturated heterocycles. The maximum Gasteiger partial charge on any atom is 0.193 e. The van der Waals surface area contributed by atoms with Gasteiger partial charge in [0.25, 0.3) is 0 Å². The normalized spacial score (nSPS) is 22.4. The number of likely N-dealkylation sites (tertiary alicyclic amines) is 1. The predicted molar refractivity (Wildman–Crippen MR) is 129 cm³/mol. The van der Waals surface area contributed by atoms with Gasteiger partial charge in [-0.2, -0.15) is 0 Å². The van der Waals surface area contributed by atoms with Crippen LogP contribution in [-0.2, 0) is 16.3 Å². The summed E-state index contributed by atoms with van der Waals surface area (Å²) in [5.74, 6) is 1.84. The van der Waals surface area contributed by atoms with Gasteiger partial charge in [-0.3, -0.25) is 4.99 Å². The van der Waals surface area contributed by atoms with Gasteiger partial charge in [0.15, 0.2) is 15.8 Å². The Morgan fingerprint density at radius 3 is 2.48 bits per heavy atom. The number of piperidine rings is 1. The highest BCUT2D eigenvalue weighted by Crippen LogP contribution is 2.24. The van der Waals surface area contributed by atoms with Crippen LogP contribution in [0.3, 0.4) is 0 Å². The summed E-state index contributed by atoms with van der Waals surface area (Å²) in [6.07, 6.45) is 6.08. The summed E-state index contributed by atoms with van der Waals surface area (Å²) in [5, 5.41) is 3.44. The molecule has 2 heterocycles. The van der Waals surface area contributed by atoms with Crippen molar-refractivity contribution >= 4 is 15.8 Å². The minimum absolute atomic E-state index is 0.195. The lowest BCUT2D eigenvalue weighted by atomic mass is 9.90. The summed E-state index contributed by atoms with van der Waals surface area (Å²) in [4.78, 5) is 9.07. The maximum atomic E-state index is 12.2. The third kappa shape index (κ3) is 6.69. The Morgan fingerprint density at radius 2 is 1.84 bits per heavy atom. The Morgan fingerprint density at radius 1 is 1.13 bits per heavy atom. The second kappa shape index (κ2) is 10.8. The fourth-order valence-electron chi connectivity index (χ4n) is 4.68. The van der Waals surface area contributed by atoms with E-state index in [-0.39, 0.29) is 5.75 Å². The lowest BCUT2D eigenvalue weighted by Gasteiger charge is -2.39. The molecular weight excluding hydrogens is 408 g/mol. The number of aliphatic imine (C=N–C) groups is 1. The molecule has 0 atom stereocenters. The number of sulfone groups is 1. The van der Waals surface area contributed by atoms with Gasteiger partial charge in [0.2, 0.25) is 0 Å². The molecule has 0 amide bonds. The summed E-state index contributed by atoms with van der Waals surface area (Å²) in [7, 11) is -1.25. The van der Waals surface area contributed by atoms with Gasteiger partial charge >= 0.3 is 0 Å². The second-order valence-electron chi connectivity index (χ2n) is 9.66. The zero-order chi connectivity index (χ0) is 22.3. The molecule has 174 valence electrons. The maximum absolute atomic E-state index is 12.2. The Balaban J connectivity index is 1.31. The number of benzene rings is 1. The van der Waals surface area contributed by atoms with Gasteiger partial charge in [-0.05, 0) is 77.1 Å². The molecule has 2 fully saturated rings. The summed E-state index contributed by atoms with van der Waals surface area (Å²) in [6.45, 7) is 9.09. The Kier molecular flexibility index (Phi) is 8.39. The molecule has 0 bridgehead atoms. The van der Waals surface area contributed by atoms with Crippen molar-refractivity contribution in [1.82, 2.24) is 15.1 Å². The van der Waals surface area contributed by atoms with E-state index < -0.39 is 14.6 Å². The van der Waals surface area contributed by atoms with Gasteiger partial charge in [0, 0.05) is 26.7 Å². The fraction of sp³-hybridized carbons (Fsp3) is 0.708. The molecule has 2 aliphatic heterocycles. The number of rotatable bonds is 7. The van der Waals surface area contributed by atoms with Gasteiger partial charge in [0.05, 0.1) is 10.5 Å². The molecule has 0 unspecified atom stereocenters. The van der Waals surface area contributed by atoms with E-state index in [0.29, 0.717) is 13.1 Å². The molecule has 0 aliphatic carbocycles. The molecule has 2 aliphatic rings. The number of nitrogens with one attached hydrogen (secondary N) is 1. The van der Waals surface area contributed by atoms with Crippen LogP contribution in [-0.4, -0.2) is 81.0 Å². The lowest BCUT2D eigenvalue weighted by molar-refractivity contribution is 0.181. The summed E-state index contributed by atoms with van der Waals surface area (Å²) in [5.41, 5.74) is 1.47. The summed E-state index contributed by atoms with van der Waals surface area (Å²) in [6, 6.07) is 10.9. The first-order valence-electron chi connectivity index (χ1n) is 11.7. The Labute approximate surface area is 189 Å². The molecule has 0 aromatic heterocycles. The molecule has 6 nitrogen and oxygen atoms in total. The quantitative estimate of drug-likeness (QED) is 0.395. The highest BCUT2D eigenvalue weighted by molar-refractivity contribution is 7.92. The third-order valence-electron chi connectivity index (χ3n) is 6.81. The van der Waals surface area contributed by atoms with Gasteiger partial charge in [0.1, 0.15) is 0 Å². The van der Waals surface area contributed by atoms with Crippen LogP contribution in [0.5, 0.6) is 0 Å². The number of unbranched alkanes of at least 4 members (excludes halogenated alkanes) is 1. The number of hydrogen-bond donors (Lipinski definition) is 1. The van der Waals surface area contributed by atoms with Crippen LogP contribution in [0.15, 0.2) is 35.3 Å². The van der Waals surface area contributed by atoms with Crippen LogP contribution in [0, 0.1) is 5.92 Å². The van der Waals surface area contributed by atoms with E-state index in [9.17, 15) is 8.42 Å². The van der Waals surface area contributed by atoms with Crippen molar-refractivity contribution in [2.45, 2.75) is 50.7 Å². The zero-order valence-electron chi connectivity index (χ0n) is 19.5. The van der Waals surface area contributed by atoms with E-state index >= 15 is 0 Å². The molecular formula is C24H40N4O2S. The smallest absolute Gasteiger partial charge is 0.193 e. The SMILES string of the molecule is CN=C(NCCCCN1CCC(Cc2ccccc2)CC1)N1CCS(=O)(=O)C(C)(C)C1. The first kappa shape index (κ1) is 24.1. The van der Waals surface area contributed by atoms with Crippen LogP contribution < -0.4 is 5.32 Å². The van der Waals surface area contributed by atoms with Crippen LogP contribution in [0.4, 0.5) is 0 Å². The van der Waals surface area contributed by atoms with Gasteiger partial charge in [-0.1, -0.05) is 30.3 Å². The van der Waals surface area contributed by atoms with E-state index in [1.807, 2.05) is 13.8 Å². The zero-order valence-corrected chi connectivity index (χ0v) is 20.3. The van der Waals surface area contributed by atoms with Gasteiger partial charge < -0.3 is 15.1 Å². The van der Waals surface area contributed by atoms with E-state index in [4.69, 9.17) is 0 Å². The van der Waals surface area contributed by atoms with Gasteiger partial charge in [-0.25, -0.2) is 8.42 Å². The molecule has 0 radical (unpaired) electrons. The van der Waals surface area contributed by atoms with E-state index in [0.717, 1.165) is 31.4 Å². The van der Waals surface area contributed by atoms with E-state index in [1.54, 1.807) is 7.05 Å². The van der Waals surface area contributed by atoms with Crippen molar-refractivity contribution in [3.05, 3.63) is 35.9 Å². The Bertz CT molecular complexity index is 815. The standard InChI is InChI=1S/C24H40N4O2S/c1-24(2)20-28(17-18-31(24,29)30)23(25-3)26-13-7-8-14-27-15-11-22(12-16-27)19-21-9-5-4-6-10-21/h4-6,9-10,22H,7-8,11-20H2,1-3H3,(H,25,26). The van der Waals surface area contributed by atoms with Crippen molar-refractivity contribution in [1.29, 1.82) is 0 Å². The predicted octanol–water partition coefficient (Wildman–Crippen LogP) is 2.81. The highest BCUT2D eigenvalue weighted by Gasteiger charge is 2.40. The Hall–Kier alpha value is -1.60. The molecule has 31 heavy (non-hydrogen) atoms.